The SMILES string of the molecule is C=C(C)/N=C1/C=CC=CC1=C. The topological polar surface area (TPSA) is 12.4 Å². The molecule has 0 amide bonds. The van der Waals surface area contributed by atoms with E-state index in [2.05, 4.69) is 18.2 Å². The summed E-state index contributed by atoms with van der Waals surface area (Å²) in [6.07, 6.45) is 7.75. The van der Waals surface area contributed by atoms with Crippen LogP contribution in [-0.4, -0.2) is 5.71 Å². The van der Waals surface area contributed by atoms with Gasteiger partial charge in [0.15, 0.2) is 0 Å². The van der Waals surface area contributed by atoms with Crippen LogP contribution in [0.1, 0.15) is 6.92 Å². The van der Waals surface area contributed by atoms with Gasteiger partial charge < -0.3 is 0 Å². The Morgan fingerprint density at radius 2 is 2.00 bits per heavy atom. The summed E-state index contributed by atoms with van der Waals surface area (Å²) in [7, 11) is 0. The number of allylic oxidation sites excluding steroid dienone is 6. The zero-order valence-electron chi connectivity index (χ0n) is 6.67. The number of hydrogen-bond donors (Lipinski definition) is 0. The monoisotopic (exact) mass is 145 g/mol. The van der Waals surface area contributed by atoms with E-state index in [9.17, 15) is 0 Å². The summed E-state index contributed by atoms with van der Waals surface area (Å²) >= 11 is 0. The molecule has 0 bridgehead atoms. The van der Waals surface area contributed by atoms with Crippen LogP contribution in [0.15, 0.2) is 53.7 Å². The predicted octanol–water partition coefficient (Wildman–Crippen LogP) is 2.64. The third-order valence-corrected chi connectivity index (χ3v) is 1.30. The quantitative estimate of drug-likeness (QED) is 0.538. The number of aliphatic imine (C=N–C) groups is 1. The van der Waals surface area contributed by atoms with E-state index >= 15 is 0 Å². The van der Waals surface area contributed by atoms with Crippen molar-refractivity contribution in [1.82, 2.24) is 0 Å². The van der Waals surface area contributed by atoms with E-state index in [0.29, 0.717) is 0 Å². The molecule has 1 heteroatoms. The summed E-state index contributed by atoms with van der Waals surface area (Å²) in [4.78, 5) is 4.20. The van der Waals surface area contributed by atoms with Gasteiger partial charge >= 0.3 is 0 Å². The zero-order valence-corrected chi connectivity index (χ0v) is 6.67. The minimum atomic E-state index is 0.807. The molecule has 0 spiro atoms. The third-order valence-electron chi connectivity index (χ3n) is 1.30. The maximum atomic E-state index is 4.20. The van der Waals surface area contributed by atoms with E-state index in [1.807, 2.05) is 31.2 Å². The van der Waals surface area contributed by atoms with Gasteiger partial charge in [-0.1, -0.05) is 31.4 Å². The minimum absolute atomic E-state index is 0.807. The van der Waals surface area contributed by atoms with E-state index in [-0.39, 0.29) is 0 Å². The molecule has 0 fully saturated rings. The summed E-state index contributed by atoms with van der Waals surface area (Å²) in [5.41, 5.74) is 2.65. The van der Waals surface area contributed by atoms with Gasteiger partial charge in [-0.15, -0.1) is 0 Å². The summed E-state index contributed by atoms with van der Waals surface area (Å²) < 4.78 is 0. The van der Waals surface area contributed by atoms with Crippen LogP contribution in [0.3, 0.4) is 0 Å². The smallest absolute Gasteiger partial charge is 0.0698 e. The fourth-order valence-electron chi connectivity index (χ4n) is 0.826. The van der Waals surface area contributed by atoms with Gasteiger partial charge in [-0.2, -0.15) is 0 Å². The van der Waals surface area contributed by atoms with E-state index in [1.165, 1.54) is 0 Å². The second-order valence-electron chi connectivity index (χ2n) is 2.48. The largest absolute Gasteiger partial charge is 0.254 e. The highest BCUT2D eigenvalue weighted by atomic mass is 14.7. The summed E-state index contributed by atoms with van der Waals surface area (Å²) in [5.74, 6) is 0. The van der Waals surface area contributed by atoms with Crippen molar-refractivity contribution < 1.29 is 0 Å². The van der Waals surface area contributed by atoms with E-state index in [0.717, 1.165) is 17.0 Å². The standard InChI is InChI=1S/C10H11N/c1-8(2)11-10-7-5-4-6-9(10)3/h4-7H,1,3H2,2H3/b11-10-. The Hall–Kier alpha value is -1.37. The Labute approximate surface area is 67.2 Å². The van der Waals surface area contributed by atoms with Crippen molar-refractivity contribution in [2.24, 2.45) is 4.99 Å². The second-order valence-corrected chi connectivity index (χ2v) is 2.48. The molecule has 0 atom stereocenters. The molecular formula is C10H11N. The van der Waals surface area contributed by atoms with Crippen LogP contribution < -0.4 is 0 Å². The van der Waals surface area contributed by atoms with Crippen LogP contribution in [-0.2, 0) is 0 Å². The van der Waals surface area contributed by atoms with Crippen LogP contribution in [0.2, 0.25) is 0 Å². The van der Waals surface area contributed by atoms with Gasteiger partial charge in [-0.3, -0.25) is 4.99 Å². The van der Waals surface area contributed by atoms with Crippen molar-refractivity contribution in [1.29, 1.82) is 0 Å². The van der Waals surface area contributed by atoms with Gasteiger partial charge in [-0.25, -0.2) is 0 Å². The Morgan fingerprint density at radius 3 is 2.55 bits per heavy atom. The molecule has 0 aromatic carbocycles. The van der Waals surface area contributed by atoms with Crippen molar-refractivity contribution in [3.05, 3.63) is 48.7 Å². The minimum Gasteiger partial charge on any atom is -0.254 e. The molecule has 0 aromatic rings. The fourth-order valence-corrected chi connectivity index (χ4v) is 0.826. The van der Waals surface area contributed by atoms with Crippen LogP contribution in [0.25, 0.3) is 0 Å². The highest BCUT2D eigenvalue weighted by molar-refractivity contribution is 6.11. The Bertz CT molecular complexity index is 277. The van der Waals surface area contributed by atoms with Crippen molar-refractivity contribution in [3.8, 4) is 0 Å². The molecule has 56 valence electrons. The Balaban J connectivity index is 2.90. The fraction of sp³-hybridized carbons (Fsp3) is 0.100. The number of hydrogen-bond acceptors (Lipinski definition) is 1. The molecule has 0 aromatic heterocycles. The molecule has 0 saturated carbocycles. The lowest BCUT2D eigenvalue weighted by atomic mass is 10.1. The van der Waals surface area contributed by atoms with E-state index in [1.54, 1.807) is 0 Å². The van der Waals surface area contributed by atoms with Gasteiger partial charge in [0.25, 0.3) is 0 Å². The first-order valence-corrected chi connectivity index (χ1v) is 3.48. The van der Waals surface area contributed by atoms with Gasteiger partial charge in [-0.05, 0) is 18.6 Å². The first kappa shape index (κ1) is 7.73. The molecule has 1 rings (SSSR count). The normalized spacial score (nSPS) is 19.4. The van der Waals surface area contributed by atoms with Gasteiger partial charge in [0.2, 0.25) is 0 Å². The van der Waals surface area contributed by atoms with Crippen LogP contribution in [0.4, 0.5) is 0 Å². The van der Waals surface area contributed by atoms with Crippen LogP contribution in [0, 0.1) is 0 Å². The van der Waals surface area contributed by atoms with Crippen LogP contribution >= 0.6 is 0 Å². The van der Waals surface area contributed by atoms with Crippen molar-refractivity contribution in [3.63, 3.8) is 0 Å². The Kier molecular flexibility index (Phi) is 2.21. The second kappa shape index (κ2) is 3.15. The molecule has 0 N–H and O–H groups in total. The summed E-state index contributed by atoms with van der Waals surface area (Å²) in [6.45, 7) is 9.40. The summed E-state index contributed by atoms with van der Waals surface area (Å²) in [6, 6.07) is 0. The van der Waals surface area contributed by atoms with Crippen LogP contribution in [0.5, 0.6) is 0 Å². The molecule has 1 aliphatic carbocycles. The van der Waals surface area contributed by atoms with Gasteiger partial charge in [0.1, 0.15) is 0 Å². The maximum Gasteiger partial charge on any atom is 0.0698 e. The number of nitrogens with zero attached hydrogens (tertiary/aromatic N) is 1. The zero-order chi connectivity index (χ0) is 8.27. The van der Waals surface area contributed by atoms with Gasteiger partial charge in [0, 0.05) is 5.70 Å². The molecule has 0 saturated heterocycles. The van der Waals surface area contributed by atoms with E-state index < -0.39 is 0 Å². The van der Waals surface area contributed by atoms with Crippen molar-refractivity contribution >= 4 is 5.71 Å². The predicted molar refractivity (Wildman–Crippen MR) is 49.7 cm³/mol. The third kappa shape index (κ3) is 2.04. The molecule has 0 aliphatic heterocycles. The average Bonchev–Trinajstić information content (AvgIpc) is 1.93. The van der Waals surface area contributed by atoms with Crippen molar-refractivity contribution in [2.45, 2.75) is 6.92 Å². The molecule has 11 heavy (non-hydrogen) atoms. The van der Waals surface area contributed by atoms with Gasteiger partial charge in [0.05, 0.1) is 5.71 Å². The highest BCUT2D eigenvalue weighted by Gasteiger charge is 1.99. The molecule has 0 unspecified atom stereocenters. The summed E-state index contributed by atoms with van der Waals surface area (Å²) in [5, 5.41) is 0. The van der Waals surface area contributed by atoms with E-state index in [4.69, 9.17) is 0 Å². The lowest BCUT2D eigenvalue weighted by Crippen LogP contribution is -1.98. The molecular weight excluding hydrogens is 134 g/mol. The highest BCUT2D eigenvalue weighted by Crippen LogP contribution is 2.07. The number of rotatable bonds is 1. The lowest BCUT2D eigenvalue weighted by Gasteiger charge is -2.03. The molecule has 1 nitrogen and oxygen atoms in total. The van der Waals surface area contributed by atoms with Crippen molar-refractivity contribution in [2.75, 3.05) is 0 Å². The maximum absolute atomic E-state index is 4.20. The lowest BCUT2D eigenvalue weighted by molar-refractivity contribution is 1.32. The first-order valence-electron chi connectivity index (χ1n) is 3.48. The molecule has 0 heterocycles. The average molecular weight is 145 g/mol. The molecule has 1 aliphatic rings. The Morgan fingerprint density at radius 1 is 1.36 bits per heavy atom. The molecule has 0 radical (unpaired) electrons. The first-order chi connectivity index (χ1) is 5.20.